The van der Waals surface area contributed by atoms with Gasteiger partial charge in [0, 0.05) is 0 Å². The summed E-state index contributed by atoms with van der Waals surface area (Å²) in [5, 5.41) is 17.5. The SMILES string of the molecule is CCCc1cc(F)c(OC[C@H]2CC[C@H](c3cc(F)c(OB(O)O)c(F)c3)CC2)c(F)c1. The summed E-state index contributed by atoms with van der Waals surface area (Å²) in [6.07, 6.45) is 4.01. The predicted molar refractivity (Wildman–Crippen MR) is 108 cm³/mol. The van der Waals surface area contributed by atoms with Crippen molar-refractivity contribution in [1.82, 2.24) is 0 Å². The molecule has 0 bridgehead atoms. The highest BCUT2D eigenvalue weighted by Gasteiger charge is 2.27. The minimum absolute atomic E-state index is 0.0761. The van der Waals surface area contributed by atoms with Crippen molar-refractivity contribution in [2.24, 2.45) is 5.92 Å². The molecule has 0 aromatic heterocycles. The van der Waals surface area contributed by atoms with E-state index >= 15 is 0 Å². The van der Waals surface area contributed by atoms with Gasteiger partial charge in [0.2, 0.25) is 0 Å². The van der Waals surface area contributed by atoms with Crippen molar-refractivity contribution in [3.05, 3.63) is 58.7 Å². The smallest absolute Gasteiger partial charge is 0.508 e. The summed E-state index contributed by atoms with van der Waals surface area (Å²) in [6.45, 7) is 2.10. The average Bonchev–Trinajstić information content (AvgIpc) is 2.70. The van der Waals surface area contributed by atoms with Crippen LogP contribution in [0, 0.1) is 29.2 Å². The van der Waals surface area contributed by atoms with Crippen molar-refractivity contribution in [3.63, 3.8) is 0 Å². The first-order valence-corrected chi connectivity index (χ1v) is 10.4. The molecule has 0 spiro atoms. The lowest BCUT2D eigenvalue weighted by Crippen LogP contribution is -2.22. The highest BCUT2D eigenvalue weighted by molar-refractivity contribution is 6.33. The van der Waals surface area contributed by atoms with Crippen LogP contribution in [-0.4, -0.2) is 24.0 Å². The monoisotopic (exact) mass is 440 g/mol. The highest BCUT2D eigenvalue weighted by Crippen LogP contribution is 2.38. The van der Waals surface area contributed by atoms with Gasteiger partial charge >= 0.3 is 7.32 Å². The Balaban J connectivity index is 1.57. The fourth-order valence-corrected chi connectivity index (χ4v) is 4.08. The molecule has 2 aromatic carbocycles. The molecule has 4 nitrogen and oxygen atoms in total. The molecule has 0 radical (unpaired) electrons. The molecule has 0 aliphatic heterocycles. The zero-order valence-electron chi connectivity index (χ0n) is 17.2. The Hall–Kier alpha value is -2.26. The van der Waals surface area contributed by atoms with Crippen LogP contribution in [0.1, 0.15) is 56.1 Å². The van der Waals surface area contributed by atoms with Crippen LogP contribution in [0.15, 0.2) is 24.3 Å². The first-order valence-electron chi connectivity index (χ1n) is 10.4. The number of aryl methyl sites for hydroxylation is 1. The lowest BCUT2D eigenvalue weighted by atomic mass is 9.79. The zero-order chi connectivity index (χ0) is 22.5. The van der Waals surface area contributed by atoms with Crippen LogP contribution >= 0.6 is 0 Å². The lowest BCUT2D eigenvalue weighted by Gasteiger charge is -2.29. The van der Waals surface area contributed by atoms with Crippen LogP contribution in [0.5, 0.6) is 11.5 Å². The molecule has 0 amide bonds. The highest BCUT2D eigenvalue weighted by atomic mass is 19.1. The van der Waals surface area contributed by atoms with Crippen LogP contribution in [0.25, 0.3) is 0 Å². The van der Waals surface area contributed by atoms with E-state index in [0.29, 0.717) is 43.2 Å². The molecule has 9 heteroatoms. The van der Waals surface area contributed by atoms with Crippen molar-refractivity contribution in [2.45, 2.75) is 51.4 Å². The maximum Gasteiger partial charge on any atom is 0.707 e. The van der Waals surface area contributed by atoms with E-state index in [9.17, 15) is 17.6 Å². The van der Waals surface area contributed by atoms with E-state index < -0.39 is 36.3 Å². The second-order valence-corrected chi connectivity index (χ2v) is 7.93. The minimum atomic E-state index is -2.32. The summed E-state index contributed by atoms with van der Waals surface area (Å²) < 4.78 is 66.3. The number of benzene rings is 2. The topological polar surface area (TPSA) is 58.9 Å². The van der Waals surface area contributed by atoms with Gasteiger partial charge in [-0.25, -0.2) is 17.6 Å². The van der Waals surface area contributed by atoms with Gasteiger partial charge in [-0.1, -0.05) is 13.3 Å². The number of halogens is 4. The van der Waals surface area contributed by atoms with Crippen molar-refractivity contribution in [3.8, 4) is 11.5 Å². The standard InChI is InChI=1S/C22H25BF4O4/c1-2-3-14-8-17(24)21(18(25)9-14)30-12-13-4-6-15(7-5-13)16-10-19(26)22(20(27)11-16)31-23(28)29/h8-11,13,15,28-29H,2-7,12H2,1H3/t13-,15-. The molecular weight excluding hydrogens is 415 g/mol. The molecule has 1 saturated carbocycles. The van der Waals surface area contributed by atoms with E-state index in [1.54, 1.807) is 0 Å². The Kier molecular flexibility index (Phi) is 7.83. The molecule has 0 saturated heterocycles. The van der Waals surface area contributed by atoms with Crippen LogP contribution in [0.4, 0.5) is 17.6 Å². The Bertz CT molecular complexity index is 855. The van der Waals surface area contributed by atoms with E-state index in [4.69, 9.17) is 14.8 Å². The molecular formula is C22H25BF4O4. The largest absolute Gasteiger partial charge is 0.707 e. The zero-order valence-corrected chi connectivity index (χ0v) is 17.2. The van der Waals surface area contributed by atoms with Crippen molar-refractivity contribution < 1.29 is 37.0 Å². The third-order valence-corrected chi connectivity index (χ3v) is 5.62. The first kappa shape index (κ1) is 23.4. The third kappa shape index (κ3) is 5.92. The fourth-order valence-electron chi connectivity index (χ4n) is 4.08. The van der Waals surface area contributed by atoms with Gasteiger partial charge in [0.15, 0.2) is 34.8 Å². The van der Waals surface area contributed by atoms with Crippen molar-refractivity contribution in [2.75, 3.05) is 6.61 Å². The van der Waals surface area contributed by atoms with E-state index in [0.717, 1.165) is 18.6 Å². The minimum Gasteiger partial charge on any atom is -0.508 e. The van der Waals surface area contributed by atoms with Gasteiger partial charge < -0.3 is 19.4 Å². The van der Waals surface area contributed by atoms with E-state index in [-0.39, 0.29) is 24.2 Å². The molecule has 2 N–H and O–H groups in total. The molecule has 0 heterocycles. The normalized spacial score (nSPS) is 18.7. The summed E-state index contributed by atoms with van der Waals surface area (Å²) in [7, 11) is -2.32. The average molecular weight is 440 g/mol. The maximum absolute atomic E-state index is 14.2. The first-order chi connectivity index (χ1) is 14.8. The molecule has 31 heavy (non-hydrogen) atoms. The Labute approximate surface area is 179 Å². The number of hydrogen-bond donors (Lipinski definition) is 2. The van der Waals surface area contributed by atoms with Crippen LogP contribution < -0.4 is 9.39 Å². The van der Waals surface area contributed by atoms with Crippen molar-refractivity contribution in [1.29, 1.82) is 0 Å². The van der Waals surface area contributed by atoms with Gasteiger partial charge in [-0.05, 0) is 79.3 Å². The van der Waals surface area contributed by atoms with Gasteiger partial charge in [0.25, 0.3) is 0 Å². The number of rotatable bonds is 8. The fraction of sp³-hybridized carbons (Fsp3) is 0.455. The van der Waals surface area contributed by atoms with E-state index in [1.807, 2.05) is 6.92 Å². The summed E-state index contributed by atoms with van der Waals surface area (Å²) in [6, 6.07) is 4.85. The van der Waals surface area contributed by atoms with Gasteiger partial charge in [-0.3, -0.25) is 0 Å². The Morgan fingerprint density at radius 1 is 0.871 bits per heavy atom. The number of hydrogen-bond acceptors (Lipinski definition) is 4. The molecule has 3 rings (SSSR count). The summed E-state index contributed by atoms with van der Waals surface area (Å²) in [4.78, 5) is 0. The van der Waals surface area contributed by atoms with Gasteiger partial charge in [-0.15, -0.1) is 0 Å². The van der Waals surface area contributed by atoms with E-state index in [2.05, 4.69) is 4.65 Å². The third-order valence-electron chi connectivity index (χ3n) is 5.62. The summed E-state index contributed by atoms with van der Waals surface area (Å²) in [5.41, 5.74) is 1.05. The molecule has 0 atom stereocenters. The van der Waals surface area contributed by atoms with E-state index in [1.165, 1.54) is 12.1 Å². The quantitative estimate of drug-likeness (QED) is 0.453. The van der Waals surface area contributed by atoms with Crippen LogP contribution in [0.2, 0.25) is 0 Å². The molecule has 0 unspecified atom stereocenters. The van der Waals surface area contributed by atoms with Gasteiger partial charge in [0.05, 0.1) is 6.61 Å². The van der Waals surface area contributed by atoms with Crippen LogP contribution in [-0.2, 0) is 6.42 Å². The molecule has 168 valence electrons. The van der Waals surface area contributed by atoms with Gasteiger partial charge in [0.1, 0.15) is 0 Å². The summed E-state index contributed by atoms with van der Waals surface area (Å²) >= 11 is 0. The predicted octanol–water partition coefficient (Wildman–Crippen LogP) is 4.90. The van der Waals surface area contributed by atoms with Crippen molar-refractivity contribution >= 4 is 7.32 Å². The lowest BCUT2D eigenvalue weighted by molar-refractivity contribution is 0.187. The number of ether oxygens (including phenoxy) is 1. The summed E-state index contributed by atoms with van der Waals surface area (Å²) in [5.74, 6) is -4.65. The Morgan fingerprint density at radius 2 is 1.42 bits per heavy atom. The second kappa shape index (κ2) is 10.4. The Morgan fingerprint density at radius 3 is 1.94 bits per heavy atom. The molecule has 1 aliphatic carbocycles. The van der Waals surface area contributed by atoms with Crippen LogP contribution in [0.3, 0.4) is 0 Å². The maximum atomic E-state index is 14.2. The second-order valence-electron chi connectivity index (χ2n) is 7.93. The van der Waals surface area contributed by atoms with Gasteiger partial charge in [-0.2, -0.15) is 0 Å². The molecule has 1 aliphatic rings. The molecule has 1 fully saturated rings. The molecule has 2 aromatic rings.